The number of rotatable bonds is 9. The number of nitrogens with zero attached hydrogens (tertiary/aromatic N) is 1. The van der Waals surface area contributed by atoms with Crippen LogP contribution in [0.3, 0.4) is 0 Å². The summed E-state index contributed by atoms with van der Waals surface area (Å²) in [5, 5.41) is 0.845. The third kappa shape index (κ3) is 11.2. The molecule has 2 aromatic carbocycles. The van der Waals surface area contributed by atoms with Crippen LogP contribution in [-0.4, -0.2) is 63.1 Å². The minimum atomic E-state index is -4.45. The normalized spacial score (nSPS) is 13.0. The van der Waals surface area contributed by atoms with Crippen molar-refractivity contribution in [2.24, 2.45) is 5.41 Å². The minimum Gasteiger partial charge on any atom is -0.298 e. The van der Waals surface area contributed by atoms with Crippen LogP contribution in [0.25, 0.3) is 0 Å². The van der Waals surface area contributed by atoms with Gasteiger partial charge >= 0.3 is 6.18 Å². The first kappa shape index (κ1) is 34.3. The van der Waals surface area contributed by atoms with Crippen LogP contribution in [0.4, 0.5) is 13.2 Å². The van der Waals surface area contributed by atoms with Crippen molar-refractivity contribution in [2.75, 3.05) is 27.3 Å². The number of halogens is 4. The van der Waals surface area contributed by atoms with E-state index < -0.39 is 39.1 Å². The highest BCUT2D eigenvalue weighted by Crippen LogP contribution is 2.23. The minimum absolute atomic E-state index is 0.0563. The van der Waals surface area contributed by atoms with E-state index in [1.54, 1.807) is 29.8 Å². The van der Waals surface area contributed by atoms with Crippen LogP contribution in [0.15, 0.2) is 46.2 Å². The summed E-state index contributed by atoms with van der Waals surface area (Å²) in [6.07, 6.45) is -4.01. The number of nitrogens with one attached hydrogen (secondary N) is 2. The van der Waals surface area contributed by atoms with Gasteiger partial charge in [0.25, 0.3) is 0 Å². The van der Waals surface area contributed by atoms with E-state index in [9.17, 15) is 35.4 Å². The van der Waals surface area contributed by atoms with E-state index in [0.29, 0.717) is 17.2 Å². The van der Waals surface area contributed by atoms with Crippen LogP contribution in [0.1, 0.15) is 41.5 Å². The van der Waals surface area contributed by atoms with E-state index in [1.165, 1.54) is 30.3 Å². The molecule has 38 heavy (non-hydrogen) atoms. The summed E-state index contributed by atoms with van der Waals surface area (Å²) in [4.78, 5) is 24.8. The number of hydrogen-bond acceptors (Lipinski definition) is 6. The quantitative estimate of drug-likeness (QED) is 0.193. The van der Waals surface area contributed by atoms with Crippen LogP contribution >= 0.6 is 20.8 Å². The van der Waals surface area contributed by atoms with Gasteiger partial charge in [-0.3, -0.25) is 14.5 Å². The van der Waals surface area contributed by atoms with Crippen molar-refractivity contribution >= 4 is 59.2 Å². The van der Waals surface area contributed by atoms with Crippen molar-refractivity contribution in [1.82, 2.24) is 14.3 Å². The van der Waals surface area contributed by atoms with Gasteiger partial charge in [0.05, 0.1) is 21.5 Å². The number of carbonyl (C=O) groups is 2. The molecule has 0 fully saturated rings. The summed E-state index contributed by atoms with van der Waals surface area (Å²) in [7, 11) is 0.344. The van der Waals surface area contributed by atoms with Gasteiger partial charge in [0.15, 0.2) is 12.1 Å². The molecule has 0 aliphatic carbocycles. The first-order chi connectivity index (χ1) is 17.3. The van der Waals surface area contributed by atoms with Crippen molar-refractivity contribution < 1.29 is 35.4 Å². The Morgan fingerprint density at radius 2 is 1.74 bits per heavy atom. The Hall–Kier alpha value is -1.73. The van der Waals surface area contributed by atoms with Crippen molar-refractivity contribution in [2.45, 2.75) is 36.7 Å². The van der Waals surface area contributed by atoms with Crippen LogP contribution in [0.5, 0.6) is 0 Å². The van der Waals surface area contributed by atoms with Gasteiger partial charge in [0.1, 0.15) is 17.5 Å². The van der Waals surface area contributed by atoms with E-state index in [2.05, 4.69) is 14.0 Å². The number of sulfonamides is 1. The van der Waals surface area contributed by atoms with Gasteiger partial charge < -0.3 is 0 Å². The zero-order chi connectivity index (χ0) is 29.5. The highest BCUT2D eigenvalue weighted by atomic mass is 35.5. The van der Waals surface area contributed by atoms with Crippen LogP contribution in [-0.2, 0) is 21.0 Å². The topological polar surface area (TPSA) is 113 Å². The second-order valence-corrected chi connectivity index (χ2v) is 13.3. The Kier molecular flexibility index (Phi) is 12.7. The molecular weight excluding hydrogens is 586 g/mol. The van der Waals surface area contributed by atoms with Crippen molar-refractivity contribution in [3.8, 4) is 0 Å². The second kappa shape index (κ2) is 14.1. The molecule has 2 rings (SSSR count). The third-order valence-electron chi connectivity index (χ3n) is 4.54. The smallest absolute Gasteiger partial charge is 0.298 e. The number of alkyl halides is 3. The lowest BCUT2D eigenvalue weighted by molar-refractivity contribution is -0.121. The van der Waals surface area contributed by atoms with Crippen LogP contribution < -0.4 is 14.7 Å². The van der Waals surface area contributed by atoms with E-state index in [0.717, 1.165) is 0 Å². The van der Waals surface area contributed by atoms with E-state index in [1.807, 2.05) is 20.8 Å². The zero-order valence-electron chi connectivity index (χ0n) is 21.3. The van der Waals surface area contributed by atoms with Crippen LogP contribution in [0.2, 0.25) is 5.02 Å². The van der Waals surface area contributed by atoms with Gasteiger partial charge in [-0.25, -0.2) is 17.3 Å². The summed E-state index contributed by atoms with van der Waals surface area (Å²) >= 11 is 5.62. The number of hydrogen-bond donors (Lipinski definition) is 2. The molecule has 2 unspecified atom stereocenters. The molecule has 0 radical (unpaired) electrons. The maximum atomic E-state index is 12.4. The molecule has 0 aliphatic rings. The monoisotopic (exact) mass is 615 g/mol. The van der Waals surface area contributed by atoms with Crippen LogP contribution in [0, 0.1) is 5.41 Å². The third-order valence-corrected chi connectivity index (χ3v) is 7.86. The highest BCUT2D eigenvalue weighted by Gasteiger charge is 2.28. The number of Topliss-reactive ketones (excluding diaryl/α,β-unsaturated/α-hetero) is 1. The van der Waals surface area contributed by atoms with Crippen molar-refractivity contribution in [1.29, 1.82) is 0 Å². The molecule has 2 N–H and O–H groups in total. The molecule has 212 valence electrons. The summed E-state index contributed by atoms with van der Waals surface area (Å²) in [6, 6.07) is 8.33. The summed E-state index contributed by atoms with van der Waals surface area (Å²) in [6.45, 7) is 4.26. The Balaban J connectivity index is 0.000000389. The predicted octanol–water partition coefficient (Wildman–Crippen LogP) is 3.54. The van der Waals surface area contributed by atoms with E-state index in [-0.39, 0.29) is 32.8 Å². The summed E-state index contributed by atoms with van der Waals surface area (Å²) in [5.41, 5.74) is -0.0725. The fourth-order valence-electron chi connectivity index (χ4n) is 2.56. The van der Waals surface area contributed by atoms with Gasteiger partial charge in [0.2, 0.25) is 10.0 Å². The molecule has 2 atom stereocenters. The van der Waals surface area contributed by atoms with Crippen molar-refractivity contribution in [3.63, 3.8) is 0 Å². The molecule has 0 amide bonds. The highest BCUT2D eigenvalue weighted by molar-refractivity contribution is 7.89. The largest absolute Gasteiger partial charge is 0.402 e. The Labute approximate surface area is 230 Å². The zero-order valence-corrected chi connectivity index (χ0v) is 24.9. The SMILES string of the molecule is CN(C)CNS(=O)(=O)c1ccc(P)c(C(=O)C(C)(C)C)c1.O=Cc1cc(S(=O)NCC(F)(F)F)ccc1Cl. The maximum absolute atomic E-state index is 12.4. The Morgan fingerprint density at radius 3 is 2.24 bits per heavy atom. The van der Waals surface area contributed by atoms with Gasteiger partial charge in [-0.1, -0.05) is 38.4 Å². The lowest BCUT2D eigenvalue weighted by Crippen LogP contribution is -2.33. The van der Waals surface area contributed by atoms with E-state index >= 15 is 0 Å². The molecule has 15 heteroatoms. The molecule has 2 aromatic rings. The fraction of sp³-hybridized carbons (Fsp3) is 0.391. The number of aldehydes is 1. The second-order valence-electron chi connectivity index (χ2n) is 9.22. The summed E-state index contributed by atoms with van der Waals surface area (Å²) < 4.78 is 75.7. The Bertz CT molecular complexity index is 1280. The van der Waals surface area contributed by atoms with Gasteiger partial charge in [-0.2, -0.15) is 17.9 Å². The summed E-state index contributed by atoms with van der Waals surface area (Å²) in [5.74, 6) is -0.0860. The molecule has 0 spiro atoms. The molecular formula is C23H30ClF3N3O5PS2. The first-order valence-electron chi connectivity index (χ1n) is 10.8. The van der Waals surface area contributed by atoms with Gasteiger partial charge in [-0.15, -0.1) is 9.24 Å². The molecule has 0 saturated heterocycles. The lowest BCUT2D eigenvalue weighted by atomic mass is 9.86. The lowest BCUT2D eigenvalue weighted by Gasteiger charge is -2.19. The average Bonchev–Trinajstić information content (AvgIpc) is 2.80. The predicted molar refractivity (Wildman–Crippen MR) is 146 cm³/mol. The van der Waals surface area contributed by atoms with E-state index in [4.69, 9.17) is 11.6 Å². The average molecular weight is 616 g/mol. The maximum Gasteiger partial charge on any atom is 0.402 e. The number of ketones is 1. The molecule has 0 heterocycles. The standard InChI is InChI=1S/C14H23N2O3PS.C9H7ClF3NO2S/c1-14(2,3)13(17)11-8-10(6-7-12(11)20)21(18,19)15-9-16(4)5;10-8-2-1-7(3-6(8)4-15)17(16)14-5-9(11,12)13/h6-8,15H,9,20H2,1-5H3;1-4,14H,5H2. The number of benzene rings is 2. The molecule has 0 bridgehead atoms. The number of carbonyl (C=O) groups excluding carboxylic acids is 2. The van der Waals surface area contributed by atoms with Crippen molar-refractivity contribution in [3.05, 3.63) is 52.5 Å². The molecule has 0 aliphatic heterocycles. The Morgan fingerprint density at radius 1 is 1.13 bits per heavy atom. The van der Waals surface area contributed by atoms with Gasteiger partial charge in [0, 0.05) is 16.5 Å². The first-order valence-corrected chi connectivity index (χ1v) is 14.4. The molecule has 8 nitrogen and oxygen atoms in total. The molecule has 0 saturated carbocycles. The van der Waals surface area contributed by atoms with Gasteiger partial charge in [-0.05, 0) is 49.7 Å². The fourth-order valence-corrected chi connectivity index (χ4v) is 5.03. The molecule has 0 aromatic heterocycles.